The van der Waals surface area contributed by atoms with Gasteiger partial charge in [0.1, 0.15) is 23.8 Å². The molecule has 2 N–H and O–H groups in total. The quantitative estimate of drug-likeness (QED) is 0.158. The Morgan fingerprint density at radius 1 is 0.569 bits per heavy atom. The number of hydrogen-bond donors (Lipinski definition) is 2. The van der Waals surface area contributed by atoms with Crippen LogP contribution < -0.4 is 0 Å². The molecule has 11 rings (SSSR count). The molecule has 2 saturated carbocycles. The number of aliphatic hydroxyl groups excluding tert-OH is 1. The smallest absolute Gasteiger partial charge is 0.123 e. The molecule has 8 heteroatoms. The van der Waals surface area contributed by atoms with Crippen LogP contribution in [0, 0.1) is 11.6 Å². The van der Waals surface area contributed by atoms with E-state index in [0.717, 1.165) is 81.5 Å². The maximum Gasteiger partial charge on any atom is 0.123 e. The number of aromatic amines is 1. The summed E-state index contributed by atoms with van der Waals surface area (Å²) >= 11 is 0. The summed E-state index contributed by atoms with van der Waals surface area (Å²) in [4.78, 5) is 3.24. The Morgan fingerprint density at radius 2 is 1.14 bits per heavy atom. The predicted octanol–water partition coefficient (Wildman–Crippen LogP) is 11.6. The highest BCUT2D eigenvalue weighted by Gasteiger charge is 2.47. The van der Waals surface area contributed by atoms with Crippen molar-refractivity contribution in [1.29, 1.82) is 0 Å². The van der Waals surface area contributed by atoms with Crippen molar-refractivity contribution in [2.24, 2.45) is 0 Å². The molecule has 3 heterocycles. The molecule has 0 bridgehead atoms. The van der Waals surface area contributed by atoms with Crippen LogP contribution in [0.3, 0.4) is 0 Å². The van der Waals surface area contributed by atoms with Crippen molar-refractivity contribution in [3.63, 3.8) is 0 Å². The standard InChI is InChI=1S/C25H24FNO2.C13H16O2.C12H8FN/c26-18-13-14-22-20(15-18)19-9-4-5-10-21(19)27(22)23-11-6-12-24(25(23)28)29-16-17-7-2-1-3-8-17;1-2-5-10(6-3-1)9-14-11-7-4-8-12-13(11)15-12;13-8-5-6-12-10(7-8)9-3-1-2-4-11(9)14-12/h1-5,7-10,13-15,23-25,28H,6,11-12,16H2;1-3,5-6,11-13H,4,7-9H2;1-7,14H/t23-,24-,25+;11-,12+,13-;/m11./s1. The summed E-state index contributed by atoms with van der Waals surface area (Å²) in [7, 11) is 0. The molecular formula is C50H48F2N2O4. The van der Waals surface area contributed by atoms with Crippen molar-refractivity contribution in [2.45, 2.75) is 88.3 Å². The van der Waals surface area contributed by atoms with Gasteiger partial charge in [0.15, 0.2) is 0 Å². The number of para-hydroxylation sites is 2. The second-order valence-corrected chi connectivity index (χ2v) is 15.6. The first-order valence-electron chi connectivity index (χ1n) is 20.5. The van der Waals surface area contributed by atoms with Crippen LogP contribution in [0.2, 0.25) is 0 Å². The third kappa shape index (κ3) is 8.29. The van der Waals surface area contributed by atoms with Gasteiger partial charge >= 0.3 is 0 Å². The van der Waals surface area contributed by atoms with Gasteiger partial charge in [0.2, 0.25) is 0 Å². The van der Waals surface area contributed by atoms with E-state index in [9.17, 15) is 13.9 Å². The van der Waals surface area contributed by atoms with Crippen molar-refractivity contribution in [3.05, 3.63) is 168 Å². The number of rotatable bonds is 7. The maximum absolute atomic E-state index is 13.9. The van der Waals surface area contributed by atoms with Crippen molar-refractivity contribution < 1.29 is 28.1 Å². The molecule has 3 fully saturated rings. The first-order valence-corrected chi connectivity index (χ1v) is 20.5. The van der Waals surface area contributed by atoms with E-state index in [0.29, 0.717) is 24.9 Å². The van der Waals surface area contributed by atoms with Crippen LogP contribution >= 0.6 is 0 Å². The van der Waals surface area contributed by atoms with E-state index in [1.165, 1.54) is 30.5 Å². The zero-order valence-corrected chi connectivity index (χ0v) is 32.4. The molecule has 0 unspecified atom stereocenters. The monoisotopic (exact) mass is 778 g/mol. The van der Waals surface area contributed by atoms with Crippen LogP contribution in [0.25, 0.3) is 43.6 Å². The number of aliphatic hydroxyl groups is 1. The highest BCUT2D eigenvalue weighted by atomic mass is 19.1. The lowest BCUT2D eigenvalue weighted by molar-refractivity contribution is -0.0858. The van der Waals surface area contributed by atoms with Crippen LogP contribution in [-0.4, -0.2) is 45.2 Å². The third-order valence-electron chi connectivity index (χ3n) is 11.8. The molecule has 0 amide bonds. The third-order valence-corrected chi connectivity index (χ3v) is 11.8. The van der Waals surface area contributed by atoms with Gasteiger partial charge in [-0.05, 0) is 98.2 Å². The number of fused-ring (bicyclic) bond motifs is 7. The highest BCUT2D eigenvalue weighted by molar-refractivity contribution is 6.08. The zero-order valence-electron chi connectivity index (χ0n) is 32.4. The average Bonchev–Trinajstić information content (AvgIpc) is 3.89. The SMILES string of the molecule is Fc1ccc2[nH]c3ccccc3c2c1.O[C@H]1[C@H](n2c3ccccc3c3cc(F)ccc32)CCC[C@H]1OCc1ccccc1.c1ccc(CO[C@@H]2CCC[C@@H]3O[C@@H]32)cc1. The normalized spacial score (nSPS) is 22.5. The van der Waals surface area contributed by atoms with Crippen LogP contribution in [0.4, 0.5) is 8.78 Å². The molecule has 8 aromatic rings. The number of nitrogens with one attached hydrogen (secondary N) is 1. The number of ether oxygens (including phenoxy) is 3. The lowest BCUT2D eigenvalue weighted by atomic mass is 9.89. The molecule has 0 radical (unpaired) electrons. The molecule has 6 aromatic carbocycles. The van der Waals surface area contributed by atoms with E-state index in [1.54, 1.807) is 18.2 Å². The molecule has 58 heavy (non-hydrogen) atoms. The van der Waals surface area contributed by atoms with Crippen molar-refractivity contribution in [2.75, 3.05) is 0 Å². The molecule has 1 saturated heterocycles. The number of benzene rings is 6. The fourth-order valence-electron chi connectivity index (χ4n) is 8.87. The van der Waals surface area contributed by atoms with Crippen LogP contribution in [0.15, 0.2) is 146 Å². The van der Waals surface area contributed by atoms with E-state index >= 15 is 0 Å². The summed E-state index contributed by atoms with van der Waals surface area (Å²) in [6.07, 6.45) is 6.77. The Kier molecular flexibility index (Phi) is 11.3. The van der Waals surface area contributed by atoms with E-state index in [2.05, 4.69) is 33.8 Å². The lowest BCUT2D eigenvalue weighted by Gasteiger charge is -2.36. The Morgan fingerprint density at radius 3 is 1.90 bits per heavy atom. The molecule has 296 valence electrons. The van der Waals surface area contributed by atoms with Crippen LogP contribution in [0.1, 0.15) is 55.7 Å². The molecule has 3 aliphatic rings. The van der Waals surface area contributed by atoms with E-state index in [1.807, 2.05) is 91.0 Å². The summed E-state index contributed by atoms with van der Waals surface area (Å²) < 4.78 is 46.7. The summed E-state index contributed by atoms with van der Waals surface area (Å²) in [5.74, 6) is -0.434. The number of H-pyrrole nitrogens is 1. The van der Waals surface area contributed by atoms with Crippen molar-refractivity contribution in [3.8, 4) is 0 Å². The van der Waals surface area contributed by atoms with Gasteiger partial charge < -0.3 is 28.9 Å². The molecular weight excluding hydrogens is 731 g/mol. The summed E-state index contributed by atoms with van der Waals surface area (Å²) in [5, 5.41) is 15.2. The average molecular weight is 779 g/mol. The van der Waals surface area contributed by atoms with Gasteiger partial charge in [-0.2, -0.15) is 0 Å². The zero-order chi connectivity index (χ0) is 39.4. The number of hydrogen-bond acceptors (Lipinski definition) is 4. The largest absolute Gasteiger partial charge is 0.388 e. The summed E-state index contributed by atoms with van der Waals surface area (Å²) in [5.41, 5.74) is 6.37. The van der Waals surface area contributed by atoms with Crippen molar-refractivity contribution in [1.82, 2.24) is 9.55 Å². The molecule has 0 spiro atoms. The van der Waals surface area contributed by atoms with Gasteiger partial charge in [-0.1, -0.05) is 97.1 Å². The maximum atomic E-state index is 13.9. The minimum absolute atomic E-state index is 0.0996. The van der Waals surface area contributed by atoms with Gasteiger partial charge in [-0.3, -0.25) is 0 Å². The van der Waals surface area contributed by atoms with E-state index < -0.39 is 6.10 Å². The Balaban J connectivity index is 0.000000125. The molecule has 1 aliphatic heterocycles. The number of epoxide rings is 1. The second kappa shape index (κ2) is 17.2. The number of halogens is 2. The summed E-state index contributed by atoms with van der Waals surface area (Å²) in [6, 6.07) is 46.0. The van der Waals surface area contributed by atoms with Gasteiger partial charge in [0.05, 0.1) is 37.6 Å². The lowest BCUT2D eigenvalue weighted by Crippen LogP contribution is -2.40. The van der Waals surface area contributed by atoms with Crippen molar-refractivity contribution >= 4 is 43.6 Å². The fourth-order valence-corrected chi connectivity index (χ4v) is 8.87. The molecule has 2 aliphatic carbocycles. The van der Waals surface area contributed by atoms with Gasteiger partial charge in [-0.25, -0.2) is 8.78 Å². The number of nitrogens with zero attached hydrogens (tertiary/aromatic N) is 1. The predicted molar refractivity (Wildman–Crippen MR) is 227 cm³/mol. The molecule has 2 aromatic heterocycles. The fraction of sp³-hybridized carbons (Fsp3) is 0.280. The number of aromatic nitrogens is 2. The topological polar surface area (TPSA) is 71.9 Å². The second-order valence-electron chi connectivity index (χ2n) is 15.6. The van der Waals surface area contributed by atoms with Gasteiger partial charge in [0, 0.05) is 43.6 Å². The minimum Gasteiger partial charge on any atom is -0.388 e. The molecule has 6 atom stereocenters. The van der Waals surface area contributed by atoms with Crippen LogP contribution in [0.5, 0.6) is 0 Å². The minimum atomic E-state index is -0.614. The van der Waals surface area contributed by atoms with E-state index in [-0.39, 0.29) is 23.8 Å². The van der Waals surface area contributed by atoms with Gasteiger partial charge in [-0.15, -0.1) is 0 Å². The first-order chi connectivity index (χ1) is 28.5. The first kappa shape index (κ1) is 38.2. The molecule has 6 nitrogen and oxygen atoms in total. The van der Waals surface area contributed by atoms with Gasteiger partial charge in [0.25, 0.3) is 0 Å². The Bertz CT molecular complexity index is 2610. The Labute approximate surface area is 337 Å². The summed E-state index contributed by atoms with van der Waals surface area (Å²) in [6.45, 7) is 1.21. The highest BCUT2D eigenvalue weighted by Crippen LogP contribution is 2.40. The van der Waals surface area contributed by atoms with E-state index in [4.69, 9.17) is 14.2 Å². The Hall–Kier alpha value is -5.38. The van der Waals surface area contributed by atoms with Crippen LogP contribution in [-0.2, 0) is 27.4 Å².